The van der Waals surface area contributed by atoms with E-state index in [0.717, 1.165) is 18.6 Å². The summed E-state index contributed by atoms with van der Waals surface area (Å²) < 4.78 is 18.7. The average Bonchev–Trinajstić information content (AvgIpc) is 3.03. The first-order valence-electron chi connectivity index (χ1n) is 7.54. The van der Waals surface area contributed by atoms with E-state index in [0.29, 0.717) is 17.4 Å². The summed E-state index contributed by atoms with van der Waals surface area (Å²) in [7, 11) is 0. The van der Waals surface area contributed by atoms with Gasteiger partial charge in [-0.3, -0.25) is 4.79 Å². The lowest BCUT2D eigenvalue weighted by atomic mass is 10.2. The van der Waals surface area contributed by atoms with Crippen LogP contribution in [0, 0.1) is 5.82 Å². The van der Waals surface area contributed by atoms with Gasteiger partial charge in [-0.15, -0.1) is 0 Å². The Morgan fingerprint density at radius 2 is 1.64 bits per heavy atom. The zero-order chi connectivity index (χ0) is 15.4. The third-order valence-electron chi connectivity index (χ3n) is 3.82. The molecule has 114 valence electrons. The minimum atomic E-state index is -0.327. The molecule has 3 nitrogen and oxygen atoms in total. The molecule has 0 atom stereocenters. The molecule has 4 heteroatoms. The second-order valence-electron chi connectivity index (χ2n) is 5.51. The van der Waals surface area contributed by atoms with Crippen LogP contribution in [0.5, 0.6) is 5.75 Å². The van der Waals surface area contributed by atoms with Crippen molar-refractivity contribution in [2.75, 3.05) is 5.32 Å². The fourth-order valence-corrected chi connectivity index (χ4v) is 2.62. The minimum Gasteiger partial charge on any atom is -0.490 e. The number of anilines is 1. The monoisotopic (exact) mass is 299 g/mol. The summed E-state index contributed by atoms with van der Waals surface area (Å²) in [6.07, 6.45) is 4.96. The van der Waals surface area contributed by atoms with E-state index in [2.05, 4.69) is 5.32 Å². The van der Waals surface area contributed by atoms with Crippen LogP contribution in [0.25, 0.3) is 0 Å². The maximum Gasteiger partial charge on any atom is 0.255 e. The van der Waals surface area contributed by atoms with E-state index in [4.69, 9.17) is 4.74 Å². The molecule has 1 saturated carbocycles. The molecule has 1 amide bonds. The SMILES string of the molecule is O=C(Nc1ccc(F)cc1)c1ccc(OC2CCCC2)cc1. The Hall–Kier alpha value is -2.36. The van der Waals surface area contributed by atoms with Crippen LogP contribution in [-0.4, -0.2) is 12.0 Å². The summed E-state index contributed by atoms with van der Waals surface area (Å²) in [6.45, 7) is 0. The first kappa shape index (κ1) is 14.6. The number of rotatable bonds is 4. The molecule has 2 aromatic rings. The highest BCUT2D eigenvalue weighted by Gasteiger charge is 2.16. The lowest BCUT2D eigenvalue weighted by Crippen LogP contribution is -2.13. The first-order chi connectivity index (χ1) is 10.7. The standard InChI is InChI=1S/C18H18FNO2/c19-14-7-9-15(10-8-14)20-18(21)13-5-11-17(12-6-13)22-16-3-1-2-4-16/h5-12,16H,1-4H2,(H,20,21). The van der Waals surface area contributed by atoms with Crippen LogP contribution in [0.3, 0.4) is 0 Å². The van der Waals surface area contributed by atoms with Crippen molar-refractivity contribution in [1.82, 2.24) is 0 Å². The smallest absolute Gasteiger partial charge is 0.255 e. The van der Waals surface area contributed by atoms with Crippen LogP contribution >= 0.6 is 0 Å². The Balaban J connectivity index is 1.61. The van der Waals surface area contributed by atoms with Crippen molar-refractivity contribution < 1.29 is 13.9 Å². The lowest BCUT2D eigenvalue weighted by Gasteiger charge is -2.13. The van der Waals surface area contributed by atoms with E-state index in [1.165, 1.54) is 37.1 Å². The van der Waals surface area contributed by atoms with Gasteiger partial charge in [0.2, 0.25) is 0 Å². The molecule has 0 heterocycles. The molecule has 2 aromatic carbocycles. The zero-order valence-electron chi connectivity index (χ0n) is 12.2. The van der Waals surface area contributed by atoms with Crippen molar-refractivity contribution in [3.05, 3.63) is 59.9 Å². The van der Waals surface area contributed by atoms with Gasteiger partial charge in [-0.2, -0.15) is 0 Å². The number of halogens is 1. The number of carbonyl (C=O) groups excluding carboxylic acids is 1. The summed E-state index contributed by atoms with van der Waals surface area (Å²) in [5, 5.41) is 2.73. The number of benzene rings is 2. The van der Waals surface area contributed by atoms with Gasteiger partial charge in [0.25, 0.3) is 5.91 Å². The van der Waals surface area contributed by atoms with Crippen LogP contribution in [0.1, 0.15) is 36.0 Å². The topological polar surface area (TPSA) is 38.3 Å². The number of hydrogen-bond donors (Lipinski definition) is 1. The third kappa shape index (κ3) is 3.64. The second kappa shape index (κ2) is 6.60. The molecule has 0 spiro atoms. The first-order valence-corrected chi connectivity index (χ1v) is 7.54. The summed E-state index contributed by atoms with van der Waals surface area (Å²) in [6, 6.07) is 12.8. The maximum atomic E-state index is 12.8. The second-order valence-corrected chi connectivity index (χ2v) is 5.51. The van der Waals surface area contributed by atoms with Crippen LogP contribution < -0.4 is 10.1 Å². The van der Waals surface area contributed by atoms with Crippen LogP contribution in [-0.2, 0) is 0 Å². The van der Waals surface area contributed by atoms with E-state index < -0.39 is 0 Å². The van der Waals surface area contributed by atoms with E-state index >= 15 is 0 Å². The fraction of sp³-hybridized carbons (Fsp3) is 0.278. The van der Waals surface area contributed by atoms with Gasteiger partial charge in [-0.05, 0) is 74.2 Å². The van der Waals surface area contributed by atoms with Crippen molar-refractivity contribution in [3.63, 3.8) is 0 Å². The maximum absolute atomic E-state index is 12.8. The Bertz CT molecular complexity index is 631. The largest absolute Gasteiger partial charge is 0.490 e. The van der Waals surface area contributed by atoms with Gasteiger partial charge < -0.3 is 10.1 Å². The lowest BCUT2D eigenvalue weighted by molar-refractivity contribution is 0.102. The Morgan fingerprint density at radius 1 is 1.00 bits per heavy atom. The van der Waals surface area contributed by atoms with E-state index in [9.17, 15) is 9.18 Å². The molecule has 0 aliphatic heterocycles. The van der Waals surface area contributed by atoms with Gasteiger partial charge in [0, 0.05) is 11.3 Å². The Labute approximate surface area is 129 Å². The number of amides is 1. The molecule has 0 aromatic heterocycles. The van der Waals surface area contributed by atoms with E-state index in [-0.39, 0.29) is 11.7 Å². The predicted octanol–water partition coefficient (Wildman–Crippen LogP) is 4.40. The molecule has 22 heavy (non-hydrogen) atoms. The van der Waals surface area contributed by atoms with Gasteiger partial charge >= 0.3 is 0 Å². The zero-order valence-corrected chi connectivity index (χ0v) is 12.2. The minimum absolute atomic E-state index is 0.223. The van der Waals surface area contributed by atoms with E-state index in [1.54, 1.807) is 12.1 Å². The molecule has 1 N–H and O–H groups in total. The Morgan fingerprint density at radius 3 is 2.27 bits per heavy atom. The highest BCUT2D eigenvalue weighted by molar-refractivity contribution is 6.04. The molecule has 1 fully saturated rings. The van der Waals surface area contributed by atoms with Gasteiger partial charge in [-0.25, -0.2) is 4.39 Å². The van der Waals surface area contributed by atoms with Crippen LogP contribution in [0.2, 0.25) is 0 Å². The number of hydrogen-bond acceptors (Lipinski definition) is 2. The number of carbonyl (C=O) groups is 1. The van der Waals surface area contributed by atoms with Crippen molar-refractivity contribution in [2.24, 2.45) is 0 Å². The predicted molar refractivity (Wildman–Crippen MR) is 83.7 cm³/mol. The number of nitrogens with one attached hydrogen (secondary N) is 1. The van der Waals surface area contributed by atoms with Gasteiger partial charge in [0.1, 0.15) is 11.6 Å². The van der Waals surface area contributed by atoms with Gasteiger partial charge in [0.05, 0.1) is 6.10 Å². The van der Waals surface area contributed by atoms with Gasteiger partial charge in [0.15, 0.2) is 0 Å². The quantitative estimate of drug-likeness (QED) is 0.908. The van der Waals surface area contributed by atoms with Crippen LogP contribution in [0.4, 0.5) is 10.1 Å². The molecule has 0 unspecified atom stereocenters. The van der Waals surface area contributed by atoms with Gasteiger partial charge in [-0.1, -0.05) is 0 Å². The molecular formula is C18H18FNO2. The highest BCUT2D eigenvalue weighted by Crippen LogP contribution is 2.24. The summed E-state index contributed by atoms with van der Waals surface area (Å²) in [5.41, 5.74) is 1.11. The number of ether oxygens (including phenoxy) is 1. The summed E-state index contributed by atoms with van der Waals surface area (Å²) in [5.74, 6) is 0.246. The average molecular weight is 299 g/mol. The van der Waals surface area contributed by atoms with Crippen molar-refractivity contribution in [2.45, 2.75) is 31.8 Å². The van der Waals surface area contributed by atoms with Crippen molar-refractivity contribution in [3.8, 4) is 5.75 Å². The Kier molecular flexibility index (Phi) is 4.37. The summed E-state index contributed by atoms with van der Waals surface area (Å²) >= 11 is 0. The molecule has 3 rings (SSSR count). The normalized spacial score (nSPS) is 14.8. The van der Waals surface area contributed by atoms with E-state index in [1.807, 2.05) is 12.1 Å². The van der Waals surface area contributed by atoms with Crippen LogP contribution in [0.15, 0.2) is 48.5 Å². The molecule has 1 aliphatic carbocycles. The fourth-order valence-electron chi connectivity index (χ4n) is 2.62. The van der Waals surface area contributed by atoms with Crippen molar-refractivity contribution >= 4 is 11.6 Å². The van der Waals surface area contributed by atoms with Crippen molar-refractivity contribution in [1.29, 1.82) is 0 Å². The molecular weight excluding hydrogens is 281 g/mol. The molecule has 0 saturated heterocycles. The summed E-state index contributed by atoms with van der Waals surface area (Å²) in [4.78, 5) is 12.1. The molecule has 0 radical (unpaired) electrons. The third-order valence-corrected chi connectivity index (χ3v) is 3.82. The molecule has 0 bridgehead atoms. The highest BCUT2D eigenvalue weighted by atomic mass is 19.1. The molecule has 1 aliphatic rings.